The second-order valence-corrected chi connectivity index (χ2v) is 8.79. The van der Waals surface area contributed by atoms with Crippen LogP contribution in [0.15, 0.2) is 84.6 Å². The maximum absolute atomic E-state index is 13.5. The molecule has 36 heavy (non-hydrogen) atoms. The molecule has 1 aromatic heterocycles. The smallest absolute Gasteiger partial charge is 0.270 e. The van der Waals surface area contributed by atoms with Crippen LogP contribution in [0.5, 0.6) is 0 Å². The van der Waals surface area contributed by atoms with Gasteiger partial charge in [-0.15, -0.1) is 0 Å². The van der Waals surface area contributed by atoms with Gasteiger partial charge in [0, 0.05) is 41.3 Å². The number of nitro groups is 1. The van der Waals surface area contributed by atoms with Gasteiger partial charge in [-0.05, 0) is 48.5 Å². The number of hydrogen-bond acceptors (Lipinski definition) is 5. The minimum Gasteiger partial charge on any atom is -0.342 e. The van der Waals surface area contributed by atoms with E-state index in [9.17, 15) is 19.7 Å². The number of aromatic nitrogens is 1. The van der Waals surface area contributed by atoms with Crippen LogP contribution in [0.3, 0.4) is 0 Å². The Balaban J connectivity index is 1.57. The quantitative estimate of drug-likeness (QED) is 0.142. The number of nitrogens with zero attached hydrogens (tertiary/aromatic N) is 3. The molecule has 3 aromatic carbocycles. The summed E-state index contributed by atoms with van der Waals surface area (Å²) in [5.41, 5.74) is 3.72. The Kier molecular flexibility index (Phi) is 5.91. The van der Waals surface area contributed by atoms with Crippen molar-refractivity contribution in [2.75, 3.05) is 4.90 Å². The van der Waals surface area contributed by atoms with Crippen LogP contribution in [0.4, 0.5) is 11.4 Å². The third-order valence-electron chi connectivity index (χ3n) is 6.05. The number of amides is 2. The lowest BCUT2D eigenvalue weighted by Gasteiger charge is -2.29. The molecule has 1 saturated heterocycles. The van der Waals surface area contributed by atoms with Gasteiger partial charge in [-0.2, -0.15) is 0 Å². The zero-order valence-corrected chi connectivity index (χ0v) is 20.0. The predicted octanol–water partition coefficient (Wildman–Crippen LogP) is 4.74. The molecule has 1 aliphatic heterocycles. The number of rotatable bonds is 5. The van der Waals surface area contributed by atoms with Crippen molar-refractivity contribution >= 4 is 57.5 Å². The van der Waals surface area contributed by atoms with Crippen molar-refractivity contribution in [1.29, 1.82) is 0 Å². The molecular weight excluding hydrogens is 476 g/mol. The molecule has 178 valence electrons. The molecule has 4 aromatic rings. The minimum absolute atomic E-state index is 0.0167. The summed E-state index contributed by atoms with van der Waals surface area (Å²) < 4.78 is 1.94. The van der Waals surface area contributed by atoms with Crippen LogP contribution < -0.4 is 10.2 Å². The number of nitro benzene ring substituents is 1. The Bertz CT molecular complexity index is 1600. The highest BCUT2D eigenvalue weighted by Crippen LogP contribution is 2.28. The van der Waals surface area contributed by atoms with E-state index in [1.54, 1.807) is 24.3 Å². The van der Waals surface area contributed by atoms with Crippen LogP contribution in [0.1, 0.15) is 16.7 Å². The van der Waals surface area contributed by atoms with Gasteiger partial charge < -0.3 is 4.57 Å². The first-order valence-corrected chi connectivity index (χ1v) is 11.5. The topological polar surface area (TPSA) is 97.5 Å². The molecule has 0 saturated carbocycles. The molecule has 1 N–H and O–H groups in total. The Hall–Kier alpha value is -4.63. The van der Waals surface area contributed by atoms with Crippen LogP contribution in [-0.2, 0) is 16.1 Å². The largest absolute Gasteiger partial charge is 0.342 e. The van der Waals surface area contributed by atoms with E-state index in [0.717, 1.165) is 22.0 Å². The number of benzene rings is 3. The Morgan fingerprint density at radius 3 is 2.56 bits per heavy atom. The first-order chi connectivity index (χ1) is 17.3. The zero-order valence-electron chi connectivity index (χ0n) is 19.2. The molecule has 2 amide bonds. The normalized spacial score (nSPS) is 15.0. The molecule has 8 nitrogen and oxygen atoms in total. The summed E-state index contributed by atoms with van der Waals surface area (Å²) in [5, 5.41) is 14.7. The lowest BCUT2D eigenvalue weighted by atomic mass is 10.1. The molecule has 9 heteroatoms. The molecule has 0 aliphatic carbocycles. The summed E-state index contributed by atoms with van der Waals surface area (Å²) in [6.07, 6.45) is 3.40. The second kappa shape index (κ2) is 9.20. The number of para-hydroxylation sites is 2. The number of thiocarbonyl (C=S) groups is 1. The number of carbonyl (C=O) groups excluding carboxylic acids is 2. The highest BCUT2D eigenvalue weighted by molar-refractivity contribution is 7.80. The van der Waals surface area contributed by atoms with E-state index in [1.165, 1.54) is 17.0 Å². The highest BCUT2D eigenvalue weighted by Gasteiger charge is 2.35. The summed E-state index contributed by atoms with van der Waals surface area (Å²) in [6, 6.07) is 21.4. The SMILES string of the molecule is Cc1ccccc1N1C(=O)/C(=C/c2cn(Cc3cccc([N+](=O)[O-])c3)c3ccccc23)C(=O)NC1=S. The lowest BCUT2D eigenvalue weighted by Crippen LogP contribution is -2.54. The fraction of sp³-hybridized carbons (Fsp3) is 0.0741. The van der Waals surface area contributed by atoms with Crippen molar-refractivity contribution in [2.24, 2.45) is 0 Å². The van der Waals surface area contributed by atoms with E-state index in [0.29, 0.717) is 17.8 Å². The zero-order chi connectivity index (χ0) is 25.4. The Morgan fingerprint density at radius 1 is 1.03 bits per heavy atom. The van der Waals surface area contributed by atoms with Gasteiger partial charge in [-0.3, -0.25) is 29.9 Å². The maximum atomic E-state index is 13.5. The number of fused-ring (bicyclic) bond motifs is 1. The van der Waals surface area contributed by atoms with Crippen molar-refractivity contribution in [1.82, 2.24) is 9.88 Å². The average Bonchev–Trinajstić information content (AvgIpc) is 3.20. The van der Waals surface area contributed by atoms with Gasteiger partial charge in [0.05, 0.1) is 10.6 Å². The fourth-order valence-corrected chi connectivity index (χ4v) is 4.61. The maximum Gasteiger partial charge on any atom is 0.270 e. The molecule has 1 aliphatic rings. The van der Waals surface area contributed by atoms with Crippen LogP contribution in [0.2, 0.25) is 0 Å². The van der Waals surface area contributed by atoms with E-state index in [2.05, 4.69) is 5.32 Å². The van der Waals surface area contributed by atoms with Gasteiger partial charge in [0.2, 0.25) is 0 Å². The van der Waals surface area contributed by atoms with Crippen molar-refractivity contribution in [3.63, 3.8) is 0 Å². The highest BCUT2D eigenvalue weighted by atomic mass is 32.1. The molecular formula is C27H20N4O4S. The number of hydrogen-bond donors (Lipinski definition) is 1. The van der Waals surface area contributed by atoms with Gasteiger partial charge in [-0.25, -0.2) is 0 Å². The monoisotopic (exact) mass is 496 g/mol. The lowest BCUT2D eigenvalue weighted by molar-refractivity contribution is -0.384. The molecule has 0 atom stereocenters. The molecule has 0 unspecified atom stereocenters. The summed E-state index contributed by atoms with van der Waals surface area (Å²) in [7, 11) is 0. The van der Waals surface area contributed by atoms with Crippen molar-refractivity contribution in [3.05, 3.63) is 111 Å². The van der Waals surface area contributed by atoms with E-state index >= 15 is 0 Å². The summed E-state index contributed by atoms with van der Waals surface area (Å²) in [5.74, 6) is -1.07. The number of nitrogens with one attached hydrogen (secondary N) is 1. The van der Waals surface area contributed by atoms with Gasteiger partial charge in [0.15, 0.2) is 5.11 Å². The number of aryl methyl sites for hydroxylation is 1. The van der Waals surface area contributed by atoms with Crippen LogP contribution in [-0.4, -0.2) is 26.4 Å². The first-order valence-electron chi connectivity index (χ1n) is 11.1. The van der Waals surface area contributed by atoms with Gasteiger partial charge in [0.25, 0.3) is 17.5 Å². The van der Waals surface area contributed by atoms with Gasteiger partial charge in [-0.1, -0.05) is 48.5 Å². The molecule has 1 fully saturated rings. The standard InChI is InChI=1S/C27H20N4O4S/c1-17-7-2-4-11-23(17)30-26(33)22(25(32)28-27(30)36)14-19-16-29(24-12-5-3-10-21(19)24)15-18-8-6-9-20(13-18)31(34)35/h2-14,16H,15H2,1H3,(H,28,32,36)/b22-14+. The third kappa shape index (κ3) is 4.16. The molecule has 0 bridgehead atoms. The second-order valence-electron chi connectivity index (χ2n) is 8.40. The van der Waals surface area contributed by atoms with Crippen molar-refractivity contribution in [2.45, 2.75) is 13.5 Å². The van der Waals surface area contributed by atoms with Crippen LogP contribution in [0, 0.1) is 17.0 Å². The number of anilines is 1. The van der Waals surface area contributed by atoms with Crippen LogP contribution >= 0.6 is 12.2 Å². The third-order valence-corrected chi connectivity index (χ3v) is 6.34. The number of carbonyl (C=O) groups is 2. The molecule has 2 heterocycles. The van der Waals surface area contributed by atoms with E-state index in [4.69, 9.17) is 12.2 Å². The van der Waals surface area contributed by atoms with Crippen LogP contribution in [0.25, 0.3) is 17.0 Å². The van der Waals surface area contributed by atoms with Crippen molar-refractivity contribution in [3.8, 4) is 0 Å². The Labute approximate surface area is 211 Å². The predicted molar refractivity (Wildman–Crippen MR) is 142 cm³/mol. The Morgan fingerprint density at radius 2 is 1.78 bits per heavy atom. The van der Waals surface area contributed by atoms with E-state index in [1.807, 2.05) is 60.2 Å². The van der Waals surface area contributed by atoms with Gasteiger partial charge in [0.1, 0.15) is 5.57 Å². The van der Waals surface area contributed by atoms with E-state index < -0.39 is 16.7 Å². The molecule has 0 spiro atoms. The van der Waals surface area contributed by atoms with Crippen molar-refractivity contribution < 1.29 is 14.5 Å². The summed E-state index contributed by atoms with van der Waals surface area (Å²) >= 11 is 5.32. The van der Waals surface area contributed by atoms with Gasteiger partial charge >= 0.3 is 0 Å². The average molecular weight is 497 g/mol. The molecule has 5 rings (SSSR count). The first kappa shape index (κ1) is 23.1. The fourth-order valence-electron chi connectivity index (χ4n) is 4.33. The minimum atomic E-state index is -0.564. The summed E-state index contributed by atoms with van der Waals surface area (Å²) in [6.45, 7) is 2.25. The number of non-ortho nitro benzene ring substituents is 1. The summed E-state index contributed by atoms with van der Waals surface area (Å²) in [4.78, 5) is 38.4. The molecule has 0 radical (unpaired) electrons. The van der Waals surface area contributed by atoms with E-state index in [-0.39, 0.29) is 16.4 Å².